The monoisotopic (exact) mass is 320 g/mol. The van der Waals surface area contributed by atoms with E-state index in [0.29, 0.717) is 9.26 Å². The molecule has 0 aliphatic heterocycles. The Morgan fingerprint density at radius 1 is 1.20 bits per heavy atom. The molecule has 1 aromatic heterocycles. The van der Waals surface area contributed by atoms with Gasteiger partial charge in [-0.25, -0.2) is 8.78 Å². The van der Waals surface area contributed by atoms with Gasteiger partial charge < -0.3 is 0 Å². The summed E-state index contributed by atoms with van der Waals surface area (Å²) in [6.45, 7) is 0. The van der Waals surface area contributed by atoms with Crippen LogP contribution in [-0.4, -0.2) is 10.2 Å². The summed E-state index contributed by atoms with van der Waals surface area (Å²) < 4.78 is 25.9. The first kappa shape index (κ1) is 10.5. The van der Waals surface area contributed by atoms with Crippen molar-refractivity contribution < 1.29 is 8.78 Å². The van der Waals surface area contributed by atoms with E-state index in [1.807, 2.05) is 40.8 Å². The Hall–Kier alpha value is -0.980. The molecule has 15 heavy (non-hydrogen) atoms. The molecule has 2 nitrogen and oxygen atoms in total. The molecule has 1 aromatic carbocycles. The van der Waals surface area contributed by atoms with Gasteiger partial charge in [0.2, 0.25) is 0 Å². The first-order chi connectivity index (χ1) is 7.20. The summed E-state index contributed by atoms with van der Waals surface area (Å²) >= 11 is 1.94. The fourth-order valence-corrected chi connectivity index (χ4v) is 2.09. The van der Waals surface area contributed by atoms with E-state index in [1.165, 1.54) is 0 Å². The second-order valence-electron chi connectivity index (χ2n) is 2.97. The Kier molecular flexibility index (Phi) is 2.99. The summed E-state index contributed by atoms with van der Waals surface area (Å²) in [6.07, 6.45) is -2.53. The van der Waals surface area contributed by atoms with Gasteiger partial charge in [-0.2, -0.15) is 5.10 Å². The van der Waals surface area contributed by atoms with Crippen LogP contribution in [0.5, 0.6) is 0 Å². The molecule has 0 saturated heterocycles. The van der Waals surface area contributed by atoms with Crippen molar-refractivity contribution in [3.8, 4) is 11.1 Å². The molecule has 78 valence electrons. The van der Waals surface area contributed by atoms with E-state index in [2.05, 4.69) is 10.2 Å². The van der Waals surface area contributed by atoms with Gasteiger partial charge >= 0.3 is 0 Å². The first-order valence-electron chi connectivity index (χ1n) is 4.27. The maximum absolute atomic E-state index is 12.7. The standard InChI is InChI=1S/C10H7F2IN2/c11-9(12)8-7(10(13)15-14-8)6-4-2-1-3-5-6/h1-5,9H,(H,14,15). The second-order valence-corrected chi connectivity index (χ2v) is 3.99. The number of aromatic amines is 1. The van der Waals surface area contributed by atoms with E-state index in [9.17, 15) is 8.78 Å². The van der Waals surface area contributed by atoms with Gasteiger partial charge in [-0.1, -0.05) is 30.3 Å². The molecular weight excluding hydrogens is 313 g/mol. The fraction of sp³-hybridized carbons (Fsp3) is 0.100. The van der Waals surface area contributed by atoms with Crippen molar-refractivity contribution in [1.82, 2.24) is 10.2 Å². The van der Waals surface area contributed by atoms with Gasteiger partial charge in [0, 0.05) is 5.56 Å². The predicted molar refractivity (Wildman–Crippen MR) is 61.7 cm³/mol. The van der Waals surface area contributed by atoms with E-state index >= 15 is 0 Å². The largest absolute Gasteiger partial charge is 0.280 e. The Labute approximate surface area is 98.8 Å². The van der Waals surface area contributed by atoms with Crippen molar-refractivity contribution in [2.75, 3.05) is 0 Å². The predicted octanol–water partition coefficient (Wildman–Crippen LogP) is 3.62. The minimum absolute atomic E-state index is 0.120. The lowest BCUT2D eigenvalue weighted by Gasteiger charge is -2.02. The number of rotatable bonds is 2. The Balaban J connectivity index is 2.57. The van der Waals surface area contributed by atoms with Gasteiger partial charge in [0.05, 0.1) is 0 Å². The summed E-state index contributed by atoms with van der Waals surface area (Å²) in [5, 5.41) is 6.16. The third-order valence-electron chi connectivity index (χ3n) is 2.03. The molecule has 1 N–H and O–H groups in total. The molecule has 0 saturated carbocycles. The van der Waals surface area contributed by atoms with Crippen LogP contribution in [0.3, 0.4) is 0 Å². The summed E-state index contributed by atoms with van der Waals surface area (Å²) in [5.41, 5.74) is 1.13. The lowest BCUT2D eigenvalue weighted by molar-refractivity contribution is 0.146. The van der Waals surface area contributed by atoms with Crippen LogP contribution in [0, 0.1) is 3.70 Å². The van der Waals surface area contributed by atoms with Gasteiger partial charge in [0.25, 0.3) is 6.43 Å². The highest BCUT2D eigenvalue weighted by Crippen LogP contribution is 2.32. The number of alkyl halides is 2. The van der Waals surface area contributed by atoms with Gasteiger partial charge in [-0.3, -0.25) is 5.10 Å². The minimum atomic E-state index is -2.53. The summed E-state index contributed by atoms with van der Waals surface area (Å²) in [4.78, 5) is 0. The molecule has 0 aliphatic carbocycles. The van der Waals surface area contributed by atoms with Crippen molar-refractivity contribution in [3.05, 3.63) is 39.7 Å². The Bertz CT molecular complexity index is 454. The third kappa shape index (κ3) is 2.01. The van der Waals surface area contributed by atoms with E-state index in [-0.39, 0.29) is 5.69 Å². The molecule has 0 spiro atoms. The molecule has 0 unspecified atom stereocenters. The van der Waals surface area contributed by atoms with Crippen LogP contribution in [0.4, 0.5) is 8.78 Å². The topological polar surface area (TPSA) is 28.7 Å². The van der Waals surface area contributed by atoms with Gasteiger partial charge in [0.15, 0.2) is 0 Å². The van der Waals surface area contributed by atoms with Crippen LogP contribution < -0.4 is 0 Å². The molecule has 0 amide bonds. The molecule has 0 fully saturated rings. The van der Waals surface area contributed by atoms with Crippen molar-refractivity contribution in [2.24, 2.45) is 0 Å². The molecule has 2 aromatic rings. The lowest BCUT2D eigenvalue weighted by Crippen LogP contribution is -1.88. The second kappa shape index (κ2) is 4.26. The molecular formula is C10H7F2IN2. The van der Waals surface area contributed by atoms with Gasteiger partial charge in [-0.15, -0.1) is 0 Å². The first-order valence-corrected chi connectivity index (χ1v) is 5.35. The van der Waals surface area contributed by atoms with E-state index in [0.717, 1.165) is 5.56 Å². The van der Waals surface area contributed by atoms with Gasteiger partial charge in [-0.05, 0) is 28.2 Å². The van der Waals surface area contributed by atoms with Crippen molar-refractivity contribution in [2.45, 2.75) is 6.43 Å². The molecule has 0 radical (unpaired) electrons. The number of hydrogen-bond acceptors (Lipinski definition) is 1. The quantitative estimate of drug-likeness (QED) is 0.841. The zero-order chi connectivity index (χ0) is 10.8. The number of halogens is 3. The Morgan fingerprint density at radius 3 is 2.47 bits per heavy atom. The summed E-state index contributed by atoms with van der Waals surface area (Å²) in [6, 6.07) is 9.05. The summed E-state index contributed by atoms with van der Waals surface area (Å²) in [5.74, 6) is 0. The van der Waals surface area contributed by atoms with E-state index < -0.39 is 6.43 Å². The van der Waals surface area contributed by atoms with Crippen LogP contribution in [0.1, 0.15) is 12.1 Å². The van der Waals surface area contributed by atoms with Crippen LogP contribution in [0.25, 0.3) is 11.1 Å². The number of nitrogens with zero attached hydrogens (tertiary/aromatic N) is 1. The highest BCUT2D eigenvalue weighted by molar-refractivity contribution is 14.1. The zero-order valence-electron chi connectivity index (χ0n) is 7.55. The highest BCUT2D eigenvalue weighted by Gasteiger charge is 2.19. The zero-order valence-corrected chi connectivity index (χ0v) is 9.70. The average Bonchev–Trinajstić information content (AvgIpc) is 2.61. The maximum atomic E-state index is 12.7. The van der Waals surface area contributed by atoms with Crippen LogP contribution >= 0.6 is 22.6 Å². The van der Waals surface area contributed by atoms with Crippen LogP contribution in [0.2, 0.25) is 0 Å². The van der Waals surface area contributed by atoms with Gasteiger partial charge in [0.1, 0.15) is 9.39 Å². The molecule has 0 bridgehead atoms. The average molecular weight is 320 g/mol. The van der Waals surface area contributed by atoms with E-state index in [1.54, 1.807) is 12.1 Å². The molecule has 1 heterocycles. The normalized spacial score (nSPS) is 10.9. The van der Waals surface area contributed by atoms with Crippen molar-refractivity contribution in [1.29, 1.82) is 0 Å². The number of benzene rings is 1. The number of H-pyrrole nitrogens is 1. The summed E-state index contributed by atoms with van der Waals surface area (Å²) in [7, 11) is 0. The third-order valence-corrected chi connectivity index (χ3v) is 2.81. The number of nitrogens with one attached hydrogen (secondary N) is 1. The van der Waals surface area contributed by atoms with Crippen molar-refractivity contribution in [3.63, 3.8) is 0 Å². The SMILES string of the molecule is FC(F)c1[nH]nc(I)c1-c1ccccc1. The fourth-order valence-electron chi connectivity index (χ4n) is 1.37. The lowest BCUT2D eigenvalue weighted by atomic mass is 10.1. The molecule has 2 rings (SSSR count). The highest BCUT2D eigenvalue weighted by atomic mass is 127. The molecule has 0 atom stereocenters. The Morgan fingerprint density at radius 2 is 1.87 bits per heavy atom. The molecule has 0 aliphatic rings. The van der Waals surface area contributed by atoms with Crippen LogP contribution in [-0.2, 0) is 0 Å². The number of aromatic nitrogens is 2. The number of hydrogen-bond donors (Lipinski definition) is 1. The smallest absolute Gasteiger partial charge is 0.275 e. The van der Waals surface area contributed by atoms with Crippen molar-refractivity contribution >= 4 is 22.6 Å². The van der Waals surface area contributed by atoms with E-state index in [4.69, 9.17) is 0 Å². The maximum Gasteiger partial charge on any atom is 0.280 e. The minimum Gasteiger partial charge on any atom is -0.275 e. The molecule has 5 heteroatoms. The van der Waals surface area contributed by atoms with Crippen LogP contribution in [0.15, 0.2) is 30.3 Å².